The highest BCUT2D eigenvalue weighted by molar-refractivity contribution is 5.97. The molecular formula is C40H46N4O7. The van der Waals surface area contributed by atoms with Gasteiger partial charge in [-0.2, -0.15) is 0 Å². The predicted molar refractivity (Wildman–Crippen MR) is 193 cm³/mol. The number of para-hydroxylation sites is 1. The highest BCUT2D eigenvalue weighted by Gasteiger charge is 2.39. The fourth-order valence-electron chi connectivity index (χ4n) is 7.18. The van der Waals surface area contributed by atoms with Crippen LogP contribution in [0.3, 0.4) is 0 Å². The van der Waals surface area contributed by atoms with Crippen molar-refractivity contribution in [3.05, 3.63) is 118 Å². The first kappa shape index (κ1) is 36.0. The summed E-state index contributed by atoms with van der Waals surface area (Å²) < 4.78 is 5.41. The lowest BCUT2D eigenvalue weighted by molar-refractivity contribution is -0.131. The lowest BCUT2D eigenvalue weighted by Crippen LogP contribution is -2.63. The molecule has 11 heteroatoms. The monoisotopic (exact) mass is 694 g/mol. The zero-order valence-electron chi connectivity index (χ0n) is 29.2. The summed E-state index contributed by atoms with van der Waals surface area (Å²) in [7, 11) is 0. The van der Waals surface area contributed by atoms with Gasteiger partial charge in [0.05, 0.1) is 18.2 Å². The second-order valence-corrected chi connectivity index (χ2v) is 14.7. The third kappa shape index (κ3) is 8.56. The Bertz CT molecular complexity index is 1940. The van der Waals surface area contributed by atoms with E-state index in [0.29, 0.717) is 23.8 Å². The molecule has 51 heavy (non-hydrogen) atoms. The van der Waals surface area contributed by atoms with Gasteiger partial charge in [0.15, 0.2) is 0 Å². The molecule has 268 valence electrons. The molecule has 2 aliphatic rings. The highest BCUT2D eigenvalue weighted by Crippen LogP contribution is 2.32. The fourth-order valence-corrected chi connectivity index (χ4v) is 7.18. The van der Waals surface area contributed by atoms with E-state index < -0.39 is 47.3 Å². The van der Waals surface area contributed by atoms with Crippen LogP contribution in [0, 0.1) is 5.92 Å². The number of piperazine rings is 1. The first-order chi connectivity index (χ1) is 24.4. The summed E-state index contributed by atoms with van der Waals surface area (Å²) in [5.74, 6) is -1.74. The number of benzene rings is 3. The molecular weight excluding hydrogens is 648 g/mol. The third-order valence-corrected chi connectivity index (χ3v) is 9.65. The van der Waals surface area contributed by atoms with Crippen molar-refractivity contribution in [1.29, 1.82) is 0 Å². The quantitative estimate of drug-likeness (QED) is 0.185. The summed E-state index contributed by atoms with van der Waals surface area (Å²) in [4.78, 5) is 57.4. The van der Waals surface area contributed by atoms with Gasteiger partial charge in [-0.05, 0) is 62.4 Å². The summed E-state index contributed by atoms with van der Waals surface area (Å²) in [5.41, 5.74) is 1.78. The van der Waals surface area contributed by atoms with Gasteiger partial charge in [-0.25, -0.2) is 4.79 Å². The van der Waals surface area contributed by atoms with Crippen LogP contribution in [0.25, 0.3) is 11.0 Å². The Morgan fingerprint density at radius 1 is 0.961 bits per heavy atom. The van der Waals surface area contributed by atoms with E-state index in [0.717, 1.165) is 16.7 Å². The summed E-state index contributed by atoms with van der Waals surface area (Å²) in [6.07, 6.45) is -0.819. The molecule has 3 amide bonds. The molecule has 1 aliphatic carbocycles. The highest BCUT2D eigenvalue weighted by atomic mass is 16.4. The van der Waals surface area contributed by atoms with Crippen molar-refractivity contribution < 1.29 is 29.0 Å². The summed E-state index contributed by atoms with van der Waals surface area (Å²) >= 11 is 0. The number of amides is 3. The van der Waals surface area contributed by atoms with Crippen LogP contribution in [0.5, 0.6) is 0 Å². The van der Waals surface area contributed by atoms with Crippen molar-refractivity contribution in [1.82, 2.24) is 20.4 Å². The summed E-state index contributed by atoms with van der Waals surface area (Å²) in [6, 6.07) is 24.3. The lowest BCUT2D eigenvalue weighted by Gasteiger charge is -2.42. The number of aliphatic hydroxyl groups is 2. The fraction of sp³-hybridized carbons (Fsp3) is 0.400. The van der Waals surface area contributed by atoms with Gasteiger partial charge in [-0.1, -0.05) is 72.8 Å². The summed E-state index contributed by atoms with van der Waals surface area (Å²) in [6.45, 7) is 6.13. The van der Waals surface area contributed by atoms with Gasteiger partial charge in [0, 0.05) is 49.4 Å². The van der Waals surface area contributed by atoms with Crippen molar-refractivity contribution in [3.63, 3.8) is 0 Å². The number of fused-ring (bicyclic) bond motifs is 2. The first-order valence-electron chi connectivity index (χ1n) is 17.5. The number of hydrogen-bond acceptors (Lipinski definition) is 8. The number of carbonyl (C=O) groups excluding carboxylic acids is 3. The molecule has 1 aromatic heterocycles. The van der Waals surface area contributed by atoms with Crippen LogP contribution >= 0.6 is 0 Å². The van der Waals surface area contributed by atoms with Gasteiger partial charge in [0.1, 0.15) is 17.2 Å². The van der Waals surface area contributed by atoms with Gasteiger partial charge < -0.3 is 30.2 Å². The maximum absolute atomic E-state index is 13.9. The largest absolute Gasteiger partial charge is 0.422 e. The first-order valence-corrected chi connectivity index (χ1v) is 17.5. The Balaban J connectivity index is 1.19. The number of nitrogens with zero attached hydrogens (tertiary/aromatic N) is 2. The second-order valence-electron chi connectivity index (χ2n) is 14.7. The van der Waals surface area contributed by atoms with Crippen LogP contribution in [0.2, 0.25) is 0 Å². The van der Waals surface area contributed by atoms with Gasteiger partial charge in [0.2, 0.25) is 11.8 Å². The number of β-amino-alcohol motifs (C(OH)–C–C–N with tert-alkyl or cyclic N) is 1. The Morgan fingerprint density at radius 3 is 2.43 bits per heavy atom. The molecule has 0 radical (unpaired) electrons. The van der Waals surface area contributed by atoms with Gasteiger partial charge in [0.25, 0.3) is 5.91 Å². The number of hydrogen-bond donors (Lipinski definition) is 4. The Hall–Kier alpha value is -4.84. The van der Waals surface area contributed by atoms with Crippen molar-refractivity contribution >= 4 is 28.7 Å². The van der Waals surface area contributed by atoms with E-state index in [2.05, 4.69) is 10.6 Å². The minimum atomic E-state index is -0.995. The molecule has 1 aliphatic heterocycles. The molecule has 4 N–H and O–H groups in total. The van der Waals surface area contributed by atoms with Crippen molar-refractivity contribution in [3.8, 4) is 0 Å². The molecule has 11 nitrogen and oxygen atoms in total. The van der Waals surface area contributed by atoms with Crippen LogP contribution in [-0.4, -0.2) is 87.7 Å². The van der Waals surface area contributed by atoms with E-state index in [-0.39, 0.29) is 50.0 Å². The predicted octanol–water partition coefficient (Wildman–Crippen LogP) is 3.22. The number of nitrogens with one attached hydrogen (secondary N) is 2. The molecule has 1 saturated heterocycles. The SMILES string of the molecule is CC(C)(C)NC(=O)[C@@H]1CN(C(=O)c2cc3ccccc3oc2=O)CCN1C[C@@H](O)C[C@@H](Cc1ccccc1)C(=O)NC1c2ccccc2C[C@H]1O. The molecule has 0 spiro atoms. The van der Waals surface area contributed by atoms with Crippen LogP contribution in [0.1, 0.15) is 60.3 Å². The molecule has 0 saturated carbocycles. The van der Waals surface area contributed by atoms with Crippen LogP contribution in [0.15, 0.2) is 94.1 Å². The summed E-state index contributed by atoms with van der Waals surface area (Å²) in [5, 5.41) is 29.1. The van der Waals surface area contributed by atoms with Gasteiger partial charge in [-0.15, -0.1) is 0 Å². The van der Waals surface area contributed by atoms with Crippen LogP contribution < -0.4 is 16.3 Å². The number of carbonyl (C=O) groups is 3. The van der Waals surface area contributed by atoms with Crippen molar-refractivity contribution in [2.75, 3.05) is 26.2 Å². The van der Waals surface area contributed by atoms with Crippen LogP contribution in [-0.2, 0) is 22.4 Å². The molecule has 4 aromatic rings. The normalized spacial score (nSPS) is 20.4. The molecule has 5 atom stereocenters. The Morgan fingerprint density at radius 2 is 1.67 bits per heavy atom. The topological polar surface area (TPSA) is 152 Å². The average molecular weight is 695 g/mol. The van der Waals surface area contributed by atoms with Crippen molar-refractivity contribution in [2.45, 2.75) is 69.9 Å². The van der Waals surface area contributed by atoms with Crippen molar-refractivity contribution in [2.24, 2.45) is 5.92 Å². The van der Waals surface area contributed by atoms with E-state index in [1.807, 2.05) is 80.3 Å². The van der Waals surface area contributed by atoms with Gasteiger partial charge in [-0.3, -0.25) is 19.3 Å². The minimum absolute atomic E-state index is 0.00730. The van der Waals surface area contributed by atoms with Gasteiger partial charge >= 0.3 is 5.63 Å². The van der Waals surface area contributed by atoms with Crippen LogP contribution in [0.4, 0.5) is 0 Å². The van der Waals surface area contributed by atoms with E-state index in [9.17, 15) is 29.4 Å². The van der Waals surface area contributed by atoms with E-state index in [1.54, 1.807) is 24.3 Å². The lowest BCUT2D eigenvalue weighted by atomic mass is 9.91. The smallest absolute Gasteiger partial charge is 0.349 e. The average Bonchev–Trinajstić information content (AvgIpc) is 3.41. The Labute approximate surface area is 297 Å². The zero-order valence-corrected chi connectivity index (χ0v) is 29.2. The second kappa shape index (κ2) is 15.2. The zero-order chi connectivity index (χ0) is 36.3. The van der Waals surface area contributed by atoms with E-state index in [1.165, 1.54) is 11.0 Å². The Kier molecular flexibility index (Phi) is 10.7. The standard InChI is InChI=1S/C40H46N4O7/c1-40(2,3)42-37(48)32-24-44(38(49)31-21-27-14-8-10-16-34(27)51-39(31)50)18-17-43(32)23-29(45)20-28(19-25-11-5-4-6-12-25)36(47)41-35-30-15-9-7-13-26(30)22-33(35)46/h4-16,21,28-29,32-33,35,45-46H,17-20,22-24H2,1-3H3,(H,41,47)(H,42,48)/t28-,29+,32+,33-,35?/m1/s1. The molecule has 6 rings (SSSR count). The maximum Gasteiger partial charge on any atom is 0.349 e. The maximum atomic E-state index is 13.9. The molecule has 1 fully saturated rings. The molecule has 1 unspecified atom stereocenters. The molecule has 2 heterocycles. The molecule has 3 aromatic carbocycles. The van der Waals surface area contributed by atoms with E-state index in [4.69, 9.17) is 4.42 Å². The number of aliphatic hydroxyl groups excluding tert-OH is 2. The minimum Gasteiger partial charge on any atom is -0.422 e. The number of rotatable bonds is 10. The molecule has 0 bridgehead atoms. The van der Waals surface area contributed by atoms with E-state index >= 15 is 0 Å². The third-order valence-electron chi connectivity index (χ3n) is 9.65.